The van der Waals surface area contributed by atoms with E-state index in [1.165, 1.54) is 18.1 Å². The summed E-state index contributed by atoms with van der Waals surface area (Å²) in [6.07, 6.45) is 1.52. The number of hydrogen-bond donors (Lipinski definition) is 1. The number of carbonyl (C=O) groups excluding carboxylic acids is 1. The van der Waals surface area contributed by atoms with Gasteiger partial charge in [0.15, 0.2) is 0 Å². The molecule has 0 fully saturated rings. The van der Waals surface area contributed by atoms with Gasteiger partial charge in [-0.15, -0.1) is 0 Å². The summed E-state index contributed by atoms with van der Waals surface area (Å²) in [5.74, 6) is 0.978. The zero-order chi connectivity index (χ0) is 18.2. The van der Waals surface area contributed by atoms with E-state index >= 15 is 0 Å². The second-order valence-electron chi connectivity index (χ2n) is 5.40. The molecule has 0 aliphatic heterocycles. The Labute approximate surface area is 156 Å². The summed E-state index contributed by atoms with van der Waals surface area (Å²) in [5.41, 5.74) is 2.61. The average molecular weight is 365 g/mol. The molecule has 1 heterocycles. The van der Waals surface area contributed by atoms with Gasteiger partial charge < -0.3 is 10.1 Å². The Bertz CT molecular complexity index is 854. The number of rotatable bonds is 7. The van der Waals surface area contributed by atoms with Crippen molar-refractivity contribution in [3.05, 3.63) is 67.0 Å². The molecule has 26 heavy (non-hydrogen) atoms. The van der Waals surface area contributed by atoms with Gasteiger partial charge in [0.1, 0.15) is 17.1 Å². The van der Waals surface area contributed by atoms with Gasteiger partial charge >= 0.3 is 0 Å². The molecule has 0 aliphatic carbocycles. The lowest BCUT2D eigenvalue weighted by Gasteiger charge is -2.07. The van der Waals surface area contributed by atoms with Crippen LogP contribution in [-0.4, -0.2) is 28.2 Å². The molecule has 0 unspecified atom stereocenters. The van der Waals surface area contributed by atoms with Crippen LogP contribution in [0.2, 0.25) is 0 Å². The maximum Gasteiger partial charge on any atom is 0.234 e. The Balaban J connectivity index is 1.56. The van der Waals surface area contributed by atoms with Crippen LogP contribution in [-0.2, 0) is 4.79 Å². The molecule has 1 aromatic heterocycles. The molecule has 6 heteroatoms. The van der Waals surface area contributed by atoms with Gasteiger partial charge in [-0.1, -0.05) is 42.1 Å². The van der Waals surface area contributed by atoms with Gasteiger partial charge in [0.05, 0.1) is 18.1 Å². The van der Waals surface area contributed by atoms with Gasteiger partial charge in [0.25, 0.3) is 0 Å². The van der Waals surface area contributed by atoms with E-state index in [-0.39, 0.29) is 11.7 Å². The first-order valence-electron chi connectivity index (χ1n) is 8.27. The number of ether oxygens (including phenoxy) is 1. The Morgan fingerprint density at radius 2 is 1.85 bits per heavy atom. The van der Waals surface area contributed by atoms with Crippen LogP contribution in [0.1, 0.15) is 6.92 Å². The van der Waals surface area contributed by atoms with Gasteiger partial charge in [-0.3, -0.25) is 4.79 Å². The third kappa shape index (κ3) is 5.07. The van der Waals surface area contributed by atoms with E-state index in [9.17, 15) is 4.79 Å². The summed E-state index contributed by atoms with van der Waals surface area (Å²) in [4.78, 5) is 20.7. The highest BCUT2D eigenvalue weighted by atomic mass is 32.2. The lowest BCUT2D eigenvalue weighted by molar-refractivity contribution is -0.113. The molecule has 0 bridgehead atoms. The van der Waals surface area contributed by atoms with Gasteiger partial charge in [-0.05, 0) is 37.3 Å². The predicted molar refractivity (Wildman–Crippen MR) is 104 cm³/mol. The van der Waals surface area contributed by atoms with Crippen molar-refractivity contribution in [1.29, 1.82) is 0 Å². The molecule has 2 aromatic carbocycles. The summed E-state index contributed by atoms with van der Waals surface area (Å²) >= 11 is 1.38. The fraction of sp³-hybridized carbons (Fsp3) is 0.150. The molecular formula is C20H19N3O2S. The summed E-state index contributed by atoms with van der Waals surface area (Å²) in [5, 5.41) is 3.63. The van der Waals surface area contributed by atoms with Gasteiger partial charge in [0.2, 0.25) is 5.91 Å². The lowest BCUT2D eigenvalue weighted by atomic mass is 10.1. The van der Waals surface area contributed by atoms with E-state index in [0.717, 1.165) is 27.7 Å². The van der Waals surface area contributed by atoms with E-state index in [0.29, 0.717) is 6.61 Å². The van der Waals surface area contributed by atoms with Crippen molar-refractivity contribution in [2.45, 2.75) is 11.9 Å². The topological polar surface area (TPSA) is 64.1 Å². The van der Waals surface area contributed by atoms with Crippen molar-refractivity contribution in [2.24, 2.45) is 0 Å². The second-order valence-corrected chi connectivity index (χ2v) is 6.40. The van der Waals surface area contributed by atoms with Crippen molar-refractivity contribution in [3.63, 3.8) is 0 Å². The highest BCUT2D eigenvalue weighted by Gasteiger charge is 2.07. The second kappa shape index (κ2) is 9.01. The highest BCUT2D eigenvalue weighted by molar-refractivity contribution is 7.99. The number of carbonyl (C=O) groups is 1. The Kier molecular flexibility index (Phi) is 6.22. The van der Waals surface area contributed by atoms with Crippen molar-refractivity contribution < 1.29 is 9.53 Å². The largest absolute Gasteiger partial charge is 0.494 e. The first kappa shape index (κ1) is 17.9. The van der Waals surface area contributed by atoms with E-state index < -0.39 is 0 Å². The number of amides is 1. The minimum absolute atomic E-state index is 0.0842. The molecule has 0 aliphatic rings. The zero-order valence-electron chi connectivity index (χ0n) is 14.4. The SMILES string of the molecule is CCOc1ccc(NC(=O)CSc2cc(-c3ccccc3)ncn2)cc1. The van der Waals surface area contributed by atoms with E-state index in [4.69, 9.17) is 4.74 Å². The molecule has 0 atom stereocenters. The van der Waals surface area contributed by atoms with Crippen LogP contribution >= 0.6 is 11.8 Å². The van der Waals surface area contributed by atoms with E-state index in [2.05, 4.69) is 15.3 Å². The summed E-state index contributed by atoms with van der Waals surface area (Å²) in [6.45, 7) is 2.55. The monoisotopic (exact) mass is 365 g/mol. The third-order valence-corrected chi connectivity index (χ3v) is 4.44. The molecular weight excluding hydrogens is 346 g/mol. The highest BCUT2D eigenvalue weighted by Crippen LogP contribution is 2.22. The van der Waals surface area contributed by atoms with Crippen LogP contribution in [0.4, 0.5) is 5.69 Å². The summed E-state index contributed by atoms with van der Waals surface area (Å²) < 4.78 is 5.39. The number of aromatic nitrogens is 2. The standard InChI is InChI=1S/C20H19N3O2S/c1-2-25-17-10-8-16(9-11-17)23-19(24)13-26-20-12-18(21-14-22-20)15-6-4-3-5-7-15/h3-12,14H,2,13H2,1H3,(H,23,24). The van der Waals surface area contributed by atoms with Crippen LogP contribution in [0.15, 0.2) is 72.0 Å². The number of thioether (sulfide) groups is 1. The smallest absolute Gasteiger partial charge is 0.234 e. The maximum absolute atomic E-state index is 12.1. The molecule has 5 nitrogen and oxygen atoms in total. The normalized spacial score (nSPS) is 10.3. The zero-order valence-corrected chi connectivity index (χ0v) is 15.2. The molecule has 3 aromatic rings. The Morgan fingerprint density at radius 1 is 1.08 bits per heavy atom. The summed E-state index contributed by atoms with van der Waals surface area (Å²) in [7, 11) is 0. The van der Waals surface area contributed by atoms with Crippen molar-refractivity contribution >= 4 is 23.4 Å². The number of hydrogen-bond acceptors (Lipinski definition) is 5. The van der Waals surface area contributed by atoms with Crippen LogP contribution in [0, 0.1) is 0 Å². The van der Waals surface area contributed by atoms with Gasteiger partial charge in [0, 0.05) is 11.3 Å². The van der Waals surface area contributed by atoms with Gasteiger partial charge in [-0.2, -0.15) is 0 Å². The molecule has 0 saturated carbocycles. The van der Waals surface area contributed by atoms with Crippen LogP contribution in [0.25, 0.3) is 11.3 Å². The lowest BCUT2D eigenvalue weighted by Crippen LogP contribution is -2.14. The molecule has 0 radical (unpaired) electrons. The molecule has 0 spiro atoms. The number of anilines is 1. The summed E-state index contributed by atoms with van der Waals surface area (Å²) in [6, 6.07) is 19.1. The van der Waals surface area contributed by atoms with Crippen LogP contribution in [0.5, 0.6) is 5.75 Å². The fourth-order valence-electron chi connectivity index (χ4n) is 2.32. The van der Waals surface area contributed by atoms with E-state index in [1.54, 1.807) is 0 Å². The number of nitrogens with zero attached hydrogens (tertiary/aromatic N) is 2. The molecule has 0 saturated heterocycles. The average Bonchev–Trinajstić information content (AvgIpc) is 2.69. The Hall–Kier alpha value is -2.86. The minimum Gasteiger partial charge on any atom is -0.494 e. The predicted octanol–water partition coefficient (Wildman–Crippen LogP) is 4.27. The number of nitrogens with one attached hydrogen (secondary N) is 1. The first-order valence-corrected chi connectivity index (χ1v) is 9.26. The number of benzene rings is 2. The van der Waals surface area contributed by atoms with Crippen molar-refractivity contribution in [2.75, 3.05) is 17.7 Å². The van der Waals surface area contributed by atoms with Crippen molar-refractivity contribution in [3.8, 4) is 17.0 Å². The van der Waals surface area contributed by atoms with Gasteiger partial charge in [-0.25, -0.2) is 9.97 Å². The van der Waals surface area contributed by atoms with E-state index in [1.807, 2.05) is 67.6 Å². The molecule has 1 amide bonds. The van der Waals surface area contributed by atoms with Crippen LogP contribution in [0.3, 0.4) is 0 Å². The quantitative estimate of drug-likeness (QED) is 0.500. The minimum atomic E-state index is -0.0842. The fourth-order valence-corrected chi connectivity index (χ4v) is 2.99. The first-order chi connectivity index (χ1) is 12.7. The Morgan fingerprint density at radius 3 is 2.58 bits per heavy atom. The molecule has 132 valence electrons. The molecule has 3 rings (SSSR count). The maximum atomic E-state index is 12.1. The third-order valence-electron chi connectivity index (χ3n) is 3.51. The van der Waals surface area contributed by atoms with Crippen molar-refractivity contribution in [1.82, 2.24) is 9.97 Å². The van der Waals surface area contributed by atoms with Crippen LogP contribution < -0.4 is 10.1 Å². The molecule has 1 N–H and O–H groups in total.